The lowest BCUT2D eigenvalue weighted by Gasteiger charge is -2.29. The van der Waals surface area contributed by atoms with Crippen LogP contribution < -0.4 is 16.4 Å². The van der Waals surface area contributed by atoms with E-state index in [0.29, 0.717) is 12.1 Å². The number of carbonyl (C=O) groups is 2. The highest BCUT2D eigenvalue weighted by Gasteiger charge is 2.48. The molecule has 0 bridgehead atoms. The van der Waals surface area contributed by atoms with Crippen LogP contribution in [0.5, 0.6) is 0 Å². The first-order valence-corrected chi connectivity index (χ1v) is 11.0. The first-order valence-electron chi connectivity index (χ1n) is 11.0. The van der Waals surface area contributed by atoms with E-state index in [4.69, 9.17) is 10.6 Å². The number of rotatable bonds is 10. The van der Waals surface area contributed by atoms with Gasteiger partial charge in [-0.1, -0.05) is 49.3 Å². The Morgan fingerprint density at radius 2 is 1.91 bits per heavy atom. The van der Waals surface area contributed by atoms with E-state index in [1.807, 2.05) is 44.2 Å². The third-order valence-electron chi connectivity index (χ3n) is 5.38. The van der Waals surface area contributed by atoms with Crippen molar-refractivity contribution >= 4 is 30.5 Å². The molecule has 0 radical (unpaired) electrons. The second-order valence-electron chi connectivity index (χ2n) is 8.68. The molecule has 0 spiro atoms. The van der Waals surface area contributed by atoms with Crippen LogP contribution in [0.25, 0.3) is 0 Å². The van der Waals surface area contributed by atoms with Gasteiger partial charge in [-0.25, -0.2) is 9.97 Å². The number of aromatic nitrogens is 2. The predicted molar refractivity (Wildman–Crippen MR) is 126 cm³/mol. The number of amides is 2. The molecule has 12 heteroatoms. The number of nitrogens with zero attached hydrogens (tertiary/aromatic N) is 3. The van der Waals surface area contributed by atoms with Gasteiger partial charge in [0.25, 0.3) is 11.8 Å². The minimum absolute atomic E-state index is 0.00108. The van der Waals surface area contributed by atoms with E-state index in [2.05, 4.69) is 25.8 Å². The molecule has 2 amide bonds. The number of benzene rings is 1. The average Bonchev–Trinajstić information content (AvgIpc) is 3.21. The molecule has 0 aliphatic carbocycles. The maximum atomic E-state index is 13.4. The third-order valence-corrected chi connectivity index (χ3v) is 5.38. The average molecular weight is 468 g/mol. The maximum Gasteiger partial charge on any atom is 0.475 e. The minimum atomic E-state index is -1.72. The third kappa shape index (κ3) is 6.30. The predicted octanol–water partition coefficient (Wildman–Crippen LogP) is 0.0893. The lowest BCUT2D eigenvalue weighted by molar-refractivity contribution is -0.144. The summed E-state index contributed by atoms with van der Waals surface area (Å²) < 4.78 is 0. The Balaban J connectivity index is 1.73. The van der Waals surface area contributed by atoms with Crippen LogP contribution in [0.15, 0.2) is 47.9 Å². The zero-order valence-electron chi connectivity index (χ0n) is 19.1. The van der Waals surface area contributed by atoms with Crippen LogP contribution in [-0.2, 0) is 16.1 Å². The Kier molecular flexibility index (Phi) is 8.19. The minimum Gasteiger partial charge on any atom is -0.426 e. The van der Waals surface area contributed by atoms with Gasteiger partial charge in [-0.2, -0.15) is 0 Å². The van der Waals surface area contributed by atoms with E-state index in [1.54, 1.807) is 0 Å². The van der Waals surface area contributed by atoms with Gasteiger partial charge >= 0.3 is 7.12 Å². The van der Waals surface area contributed by atoms with E-state index in [0.717, 1.165) is 5.56 Å². The number of nitrogens with two attached hydrogens (primary N) is 1. The second kappa shape index (κ2) is 11.1. The van der Waals surface area contributed by atoms with Gasteiger partial charge in [0.15, 0.2) is 11.5 Å². The van der Waals surface area contributed by atoms with Crippen LogP contribution in [0, 0.1) is 5.92 Å². The summed E-state index contributed by atoms with van der Waals surface area (Å²) in [6.07, 6.45) is 3.41. The molecular weight excluding hydrogens is 439 g/mol. The van der Waals surface area contributed by atoms with Crippen molar-refractivity contribution in [3.05, 3.63) is 54.0 Å². The second-order valence-corrected chi connectivity index (χ2v) is 8.68. The Morgan fingerprint density at radius 1 is 1.21 bits per heavy atom. The SMILES string of the molecule is CC(C)CC(NC(=O)C1(Cc2ccccc2)CC(CNC(=O)c2nccnc2N)=NO1)B(O)O. The molecule has 0 fully saturated rings. The van der Waals surface area contributed by atoms with E-state index in [1.165, 1.54) is 12.4 Å². The fourth-order valence-electron chi connectivity index (χ4n) is 3.72. The molecule has 2 atom stereocenters. The first-order chi connectivity index (χ1) is 16.2. The highest BCUT2D eigenvalue weighted by Crippen LogP contribution is 2.29. The summed E-state index contributed by atoms with van der Waals surface area (Å²) in [5, 5.41) is 28.9. The van der Waals surface area contributed by atoms with Crippen molar-refractivity contribution in [2.45, 2.75) is 44.7 Å². The largest absolute Gasteiger partial charge is 0.475 e. The summed E-state index contributed by atoms with van der Waals surface area (Å²) in [4.78, 5) is 39.2. The highest BCUT2D eigenvalue weighted by molar-refractivity contribution is 6.43. The molecule has 1 aliphatic rings. The van der Waals surface area contributed by atoms with Crippen molar-refractivity contribution in [1.29, 1.82) is 0 Å². The lowest BCUT2D eigenvalue weighted by Crippen LogP contribution is -2.56. The summed E-state index contributed by atoms with van der Waals surface area (Å²) in [7, 11) is -1.72. The number of anilines is 1. The van der Waals surface area contributed by atoms with Crippen molar-refractivity contribution < 1.29 is 24.5 Å². The van der Waals surface area contributed by atoms with E-state index >= 15 is 0 Å². The van der Waals surface area contributed by atoms with Gasteiger partial charge in [0.05, 0.1) is 18.2 Å². The highest BCUT2D eigenvalue weighted by atomic mass is 16.7. The Labute approximate surface area is 198 Å². The van der Waals surface area contributed by atoms with Gasteiger partial charge in [-0.3, -0.25) is 9.59 Å². The van der Waals surface area contributed by atoms with Gasteiger partial charge in [0.1, 0.15) is 0 Å². The van der Waals surface area contributed by atoms with Crippen LogP contribution in [0.4, 0.5) is 5.82 Å². The van der Waals surface area contributed by atoms with E-state index in [-0.39, 0.29) is 36.8 Å². The number of oxime groups is 1. The zero-order valence-corrected chi connectivity index (χ0v) is 19.1. The Morgan fingerprint density at radius 3 is 2.56 bits per heavy atom. The Hall–Kier alpha value is -3.51. The normalized spacial score (nSPS) is 18.1. The molecule has 3 rings (SSSR count). The summed E-state index contributed by atoms with van der Waals surface area (Å²) in [5.41, 5.74) is 5.56. The van der Waals surface area contributed by atoms with Crippen LogP contribution >= 0.6 is 0 Å². The summed E-state index contributed by atoms with van der Waals surface area (Å²) in [5.74, 6) is -1.79. The molecule has 0 saturated carbocycles. The number of hydrogen-bond acceptors (Lipinski definition) is 9. The van der Waals surface area contributed by atoms with E-state index < -0.39 is 30.5 Å². The quantitative estimate of drug-likeness (QED) is 0.305. The number of nitrogen functional groups attached to an aromatic ring is 1. The van der Waals surface area contributed by atoms with Crippen LogP contribution in [0.3, 0.4) is 0 Å². The monoisotopic (exact) mass is 468 g/mol. The van der Waals surface area contributed by atoms with Gasteiger partial charge in [-0.05, 0) is 17.9 Å². The molecule has 1 aromatic heterocycles. The van der Waals surface area contributed by atoms with Crippen LogP contribution in [-0.4, -0.2) is 62.7 Å². The first kappa shape index (κ1) is 25.1. The van der Waals surface area contributed by atoms with Gasteiger partial charge in [0.2, 0.25) is 5.60 Å². The molecule has 6 N–H and O–H groups in total. The van der Waals surface area contributed by atoms with Crippen molar-refractivity contribution in [2.24, 2.45) is 11.1 Å². The van der Waals surface area contributed by atoms with Crippen molar-refractivity contribution in [3.63, 3.8) is 0 Å². The maximum absolute atomic E-state index is 13.4. The van der Waals surface area contributed by atoms with Gasteiger partial charge in [0, 0.05) is 25.2 Å². The van der Waals surface area contributed by atoms with Crippen LogP contribution in [0.1, 0.15) is 42.7 Å². The van der Waals surface area contributed by atoms with Crippen molar-refractivity contribution in [2.75, 3.05) is 12.3 Å². The van der Waals surface area contributed by atoms with Crippen molar-refractivity contribution in [1.82, 2.24) is 20.6 Å². The molecule has 11 nitrogen and oxygen atoms in total. The fourth-order valence-corrected chi connectivity index (χ4v) is 3.72. The molecule has 2 unspecified atom stereocenters. The summed E-state index contributed by atoms with van der Waals surface area (Å²) in [6.45, 7) is 3.85. The molecule has 2 aromatic rings. The molecule has 0 saturated heterocycles. The zero-order chi connectivity index (χ0) is 24.7. The molecule has 34 heavy (non-hydrogen) atoms. The standard InChI is InChI=1S/C22H29BN6O5/c1-14(2)10-17(23(32)33)28-21(31)22(11-15-6-4-3-5-7-15)12-16(29-34-22)13-27-20(30)18-19(24)26-9-8-25-18/h3-9,14,17,32-33H,10-13H2,1-2H3,(H2,24,26)(H,27,30)(H,28,31). The number of nitrogens with one attached hydrogen (secondary N) is 2. The van der Waals surface area contributed by atoms with Crippen molar-refractivity contribution in [3.8, 4) is 0 Å². The van der Waals surface area contributed by atoms with E-state index in [9.17, 15) is 19.6 Å². The van der Waals surface area contributed by atoms with Gasteiger partial charge in [-0.15, -0.1) is 0 Å². The molecule has 1 aliphatic heterocycles. The van der Waals surface area contributed by atoms with Crippen LogP contribution in [0.2, 0.25) is 0 Å². The number of hydrogen-bond donors (Lipinski definition) is 5. The number of carbonyl (C=O) groups excluding carboxylic acids is 2. The fraction of sp³-hybridized carbons (Fsp3) is 0.409. The van der Waals surface area contributed by atoms with Gasteiger partial charge < -0.3 is 31.3 Å². The molecule has 2 heterocycles. The summed E-state index contributed by atoms with van der Waals surface area (Å²) in [6, 6.07) is 9.29. The molecule has 180 valence electrons. The Bertz CT molecular complexity index is 1040. The molecular formula is C22H29BN6O5. The summed E-state index contributed by atoms with van der Waals surface area (Å²) >= 11 is 0. The lowest BCUT2D eigenvalue weighted by atomic mass is 9.74. The smallest absolute Gasteiger partial charge is 0.426 e. The topological polar surface area (TPSA) is 172 Å². The molecule has 1 aromatic carbocycles.